The van der Waals surface area contributed by atoms with E-state index in [9.17, 15) is 4.79 Å². The molecule has 0 aliphatic carbocycles. The standard InChI is InChI=1S/C17H27N3O2/c1-13(2)12-15-4-3-5-16(19-15)20-10-7-14(8-11-20)6-9-18-17(21)22/h3-5,13-14,18H,6-12H2,1-2H3,(H,21,22). The number of hydrogen-bond acceptors (Lipinski definition) is 3. The Bertz CT molecular complexity index is 483. The van der Waals surface area contributed by atoms with Crippen LogP contribution in [0.15, 0.2) is 18.2 Å². The van der Waals surface area contributed by atoms with Crippen LogP contribution in [-0.4, -0.2) is 35.8 Å². The summed E-state index contributed by atoms with van der Waals surface area (Å²) in [6.45, 7) is 7.00. The summed E-state index contributed by atoms with van der Waals surface area (Å²) in [6, 6.07) is 6.30. The second-order valence-corrected chi connectivity index (χ2v) is 6.54. The molecule has 1 aliphatic rings. The van der Waals surface area contributed by atoms with Gasteiger partial charge in [0.05, 0.1) is 0 Å². The first-order valence-electron chi connectivity index (χ1n) is 8.22. The van der Waals surface area contributed by atoms with E-state index >= 15 is 0 Å². The highest BCUT2D eigenvalue weighted by Crippen LogP contribution is 2.24. The molecule has 1 aliphatic heterocycles. The largest absolute Gasteiger partial charge is 0.465 e. The van der Waals surface area contributed by atoms with E-state index in [1.807, 2.05) is 0 Å². The van der Waals surface area contributed by atoms with Gasteiger partial charge in [-0.1, -0.05) is 19.9 Å². The minimum atomic E-state index is -0.927. The number of nitrogens with one attached hydrogen (secondary N) is 1. The summed E-state index contributed by atoms with van der Waals surface area (Å²) in [5.41, 5.74) is 1.17. The Kier molecular flexibility index (Phi) is 6.04. The van der Waals surface area contributed by atoms with Crippen molar-refractivity contribution < 1.29 is 9.90 Å². The third-order valence-electron chi connectivity index (χ3n) is 4.18. The van der Waals surface area contributed by atoms with E-state index in [1.54, 1.807) is 0 Å². The average Bonchev–Trinajstić information content (AvgIpc) is 2.47. The summed E-state index contributed by atoms with van der Waals surface area (Å²) in [5.74, 6) is 2.32. The van der Waals surface area contributed by atoms with Gasteiger partial charge in [-0.25, -0.2) is 9.78 Å². The predicted molar refractivity (Wildman–Crippen MR) is 88.4 cm³/mol. The molecule has 5 nitrogen and oxygen atoms in total. The molecule has 1 aromatic heterocycles. The van der Waals surface area contributed by atoms with Gasteiger partial charge in [0.25, 0.3) is 0 Å². The molecule has 1 saturated heterocycles. The van der Waals surface area contributed by atoms with Gasteiger partial charge >= 0.3 is 6.09 Å². The zero-order valence-electron chi connectivity index (χ0n) is 13.6. The Hall–Kier alpha value is -1.78. The number of piperidine rings is 1. The summed E-state index contributed by atoms with van der Waals surface area (Å²) in [5, 5.41) is 11.0. The molecule has 2 rings (SSSR count). The Morgan fingerprint density at radius 3 is 2.77 bits per heavy atom. The summed E-state index contributed by atoms with van der Waals surface area (Å²) in [4.78, 5) is 17.6. The van der Waals surface area contributed by atoms with E-state index in [4.69, 9.17) is 10.1 Å². The van der Waals surface area contributed by atoms with Crippen molar-refractivity contribution >= 4 is 11.9 Å². The molecule has 1 aromatic rings. The predicted octanol–water partition coefficient (Wildman–Crippen LogP) is 3.15. The van der Waals surface area contributed by atoms with Gasteiger partial charge < -0.3 is 15.3 Å². The highest BCUT2D eigenvalue weighted by atomic mass is 16.4. The van der Waals surface area contributed by atoms with Crippen LogP contribution in [0.2, 0.25) is 0 Å². The molecule has 0 radical (unpaired) electrons. The molecule has 5 heteroatoms. The monoisotopic (exact) mass is 305 g/mol. The molecule has 122 valence electrons. The van der Waals surface area contributed by atoms with Crippen LogP contribution in [0, 0.1) is 11.8 Å². The van der Waals surface area contributed by atoms with Gasteiger partial charge in [0, 0.05) is 25.3 Å². The maximum atomic E-state index is 10.5. The maximum Gasteiger partial charge on any atom is 0.404 e. The molecule has 0 bridgehead atoms. The van der Waals surface area contributed by atoms with Crippen molar-refractivity contribution in [2.45, 2.75) is 39.5 Å². The minimum absolute atomic E-state index is 0.558. The Morgan fingerprint density at radius 2 is 2.14 bits per heavy atom. The summed E-state index contributed by atoms with van der Waals surface area (Å²) in [7, 11) is 0. The van der Waals surface area contributed by atoms with Gasteiger partial charge in [-0.15, -0.1) is 0 Å². The van der Waals surface area contributed by atoms with Crippen molar-refractivity contribution in [3.8, 4) is 0 Å². The lowest BCUT2D eigenvalue weighted by atomic mass is 9.93. The number of rotatable bonds is 6. The van der Waals surface area contributed by atoms with Crippen molar-refractivity contribution in [2.24, 2.45) is 11.8 Å². The van der Waals surface area contributed by atoms with E-state index in [0.717, 1.165) is 44.6 Å². The number of hydrogen-bond donors (Lipinski definition) is 2. The lowest BCUT2D eigenvalue weighted by Gasteiger charge is -2.33. The summed E-state index contributed by atoms with van der Waals surface area (Å²) < 4.78 is 0. The van der Waals surface area contributed by atoms with Gasteiger partial charge in [-0.05, 0) is 49.7 Å². The maximum absolute atomic E-state index is 10.5. The van der Waals surface area contributed by atoms with Gasteiger partial charge in [0.1, 0.15) is 5.82 Å². The van der Waals surface area contributed by atoms with Crippen LogP contribution in [0.1, 0.15) is 38.8 Å². The first kappa shape index (κ1) is 16.6. The number of anilines is 1. The minimum Gasteiger partial charge on any atom is -0.465 e. The summed E-state index contributed by atoms with van der Waals surface area (Å²) >= 11 is 0. The fourth-order valence-corrected chi connectivity index (χ4v) is 3.01. The second-order valence-electron chi connectivity index (χ2n) is 6.54. The van der Waals surface area contributed by atoms with Gasteiger partial charge in [-0.3, -0.25) is 0 Å². The molecule has 0 saturated carbocycles. The molecule has 0 spiro atoms. The van der Waals surface area contributed by atoms with Crippen LogP contribution in [0.5, 0.6) is 0 Å². The van der Waals surface area contributed by atoms with E-state index in [0.29, 0.717) is 18.4 Å². The molecule has 1 amide bonds. The van der Waals surface area contributed by atoms with Crippen LogP contribution in [0.3, 0.4) is 0 Å². The molecule has 2 N–H and O–H groups in total. The van der Waals surface area contributed by atoms with Crippen LogP contribution in [0.4, 0.5) is 10.6 Å². The van der Waals surface area contributed by atoms with E-state index in [1.165, 1.54) is 5.69 Å². The first-order chi connectivity index (χ1) is 10.5. The van der Waals surface area contributed by atoms with Crippen molar-refractivity contribution in [3.05, 3.63) is 23.9 Å². The zero-order chi connectivity index (χ0) is 15.9. The molecule has 22 heavy (non-hydrogen) atoms. The van der Waals surface area contributed by atoms with Gasteiger partial charge in [0.15, 0.2) is 0 Å². The fourth-order valence-electron chi connectivity index (χ4n) is 3.01. The normalized spacial score (nSPS) is 16.0. The molecule has 2 heterocycles. The Labute approximate surface area is 132 Å². The molecule has 1 fully saturated rings. The SMILES string of the molecule is CC(C)Cc1cccc(N2CCC(CCNC(=O)O)CC2)n1. The van der Waals surface area contributed by atoms with Crippen molar-refractivity contribution in [1.29, 1.82) is 0 Å². The quantitative estimate of drug-likeness (QED) is 0.847. The number of pyridine rings is 1. The van der Waals surface area contributed by atoms with Crippen LogP contribution < -0.4 is 10.2 Å². The molecular weight excluding hydrogens is 278 g/mol. The molecule has 0 aromatic carbocycles. The summed E-state index contributed by atoms with van der Waals surface area (Å²) in [6.07, 6.45) is 3.24. The lowest BCUT2D eigenvalue weighted by Crippen LogP contribution is -2.35. The van der Waals surface area contributed by atoms with E-state index in [2.05, 4.69) is 42.3 Å². The average molecular weight is 305 g/mol. The number of aromatic nitrogens is 1. The lowest BCUT2D eigenvalue weighted by molar-refractivity contribution is 0.193. The van der Waals surface area contributed by atoms with E-state index < -0.39 is 6.09 Å². The zero-order valence-corrected chi connectivity index (χ0v) is 13.6. The number of amides is 1. The molecule has 0 unspecified atom stereocenters. The first-order valence-corrected chi connectivity index (χ1v) is 8.22. The smallest absolute Gasteiger partial charge is 0.404 e. The van der Waals surface area contributed by atoms with Gasteiger partial charge in [0.2, 0.25) is 0 Å². The third-order valence-corrected chi connectivity index (χ3v) is 4.18. The Balaban J connectivity index is 1.82. The highest BCUT2D eigenvalue weighted by molar-refractivity contribution is 5.64. The van der Waals surface area contributed by atoms with Crippen LogP contribution in [-0.2, 0) is 6.42 Å². The highest BCUT2D eigenvalue weighted by Gasteiger charge is 2.20. The van der Waals surface area contributed by atoms with Crippen molar-refractivity contribution in [3.63, 3.8) is 0 Å². The van der Waals surface area contributed by atoms with Gasteiger partial charge in [-0.2, -0.15) is 0 Å². The van der Waals surface area contributed by atoms with Crippen molar-refractivity contribution in [1.82, 2.24) is 10.3 Å². The number of carboxylic acid groups (broad SMARTS) is 1. The number of nitrogens with zero attached hydrogens (tertiary/aromatic N) is 2. The number of carbonyl (C=O) groups is 1. The third kappa shape index (κ3) is 5.20. The molecule has 0 atom stereocenters. The Morgan fingerprint density at radius 1 is 1.41 bits per heavy atom. The second kappa shape index (κ2) is 8.01. The van der Waals surface area contributed by atoms with Crippen molar-refractivity contribution in [2.75, 3.05) is 24.5 Å². The van der Waals surface area contributed by atoms with Crippen LogP contribution in [0.25, 0.3) is 0 Å². The topological polar surface area (TPSA) is 65.5 Å². The molecular formula is C17H27N3O2. The fraction of sp³-hybridized carbons (Fsp3) is 0.647. The van der Waals surface area contributed by atoms with Crippen LogP contribution >= 0.6 is 0 Å². The van der Waals surface area contributed by atoms with E-state index in [-0.39, 0.29) is 0 Å².